The fourth-order valence-electron chi connectivity index (χ4n) is 3.25. The number of hydrogen-bond donors (Lipinski definition) is 1. The van der Waals surface area contributed by atoms with Crippen molar-refractivity contribution in [2.75, 3.05) is 6.54 Å². The third kappa shape index (κ3) is 4.96. The summed E-state index contributed by atoms with van der Waals surface area (Å²) in [5, 5.41) is 3.87. The van der Waals surface area contributed by atoms with Gasteiger partial charge in [0.15, 0.2) is 0 Å². The average molecular weight is 312 g/mol. The van der Waals surface area contributed by atoms with Gasteiger partial charge in [-0.15, -0.1) is 0 Å². The molecule has 0 aromatic heterocycles. The number of halogens is 2. The molecule has 1 saturated carbocycles. The monoisotopic (exact) mass is 311 g/mol. The lowest BCUT2D eigenvalue weighted by atomic mass is 9.70. The van der Waals surface area contributed by atoms with Crippen LogP contribution in [0.5, 0.6) is 0 Å². The van der Waals surface area contributed by atoms with E-state index in [1.165, 1.54) is 32.1 Å². The van der Waals surface area contributed by atoms with Gasteiger partial charge in [0.2, 0.25) is 0 Å². The van der Waals surface area contributed by atoms with Crippen molar-refractivity contribution in [2.45, 2.75) is 64.8 Å². The van der Waals surface area contributed by atoms with E-state index in [0.717, 1.165) is 18.5 Å². The van der Waals surface area contributed by atoms with E-state index in [1.54, 1.807) is 12.1 Å². The van der Waals surface area contributed by atoms with Gasteiger partial charge in [-0.2, -0.15) is 0 Å². The normalized spacial score (nSPS) is 18.7. The maximum atomic E-state index is 13.7. The molecule has 0 unspecified atom stereocenters. The van der Waals surface area contributed by atoms with Gasteiger partial charge >= 0.3 is 0 Å². The van der Waals surface area contributed by atoms with Crippen LogP contribution in [0.25, 0.3) is 0 Å². The molecule has 0 amide bonds. The minimum atomic E-state index is -0.302. The Balaban J connectivity index is 2.13. The van der Waals surface area contributed by atoms with Crippen molar-refractivity contribution in [1.82, 2.24) is 5.32 Å². The molecular weight excluding hydrogens is 285 g/mol. The number of benzene rings is 1. The van der Waals surface area contributed by atoms with Crippen molar-refractivity contribution in [2.24, 2.45) is 5.41 Å². The second-order valence-electron chi connectivity index (χ2n) is 7.59. The Kier molecular flexibility index (Phi) is 5.32. The molecule has 2 rings (SSSR count). The molecule has 0 bridgehead atoms. The van der Waals surface area contributed by atoms with E-state index >= 15 is 0 Å². The van der Waals surface area contributed by atoms with Crippen LogP contribution in [0.3, 0.4) is 0 Å². The highest BCUT2D eigenvalue weighted by atomic mass is 35.5. The molecule has 1 aromatic carbocycles. The van der Waals surface area contributed by atoms with Crippen LogP contribution in [-0.2, 0) is 6.42 Å². The summed E-state index contributed by atoms with van der Waals surface area (Å²) >= 11 is 5.79. The third-order valence-corrected chi connectivity index (χ3v) is 4.78. The predicted molar refractivity (Wildman–Crippen MR) is 88.4 cm³/mol. The summed E-state index contributed by atoms with van der Waals surface area (Å²) in [6.07, 6.45) is 7.26. The maximum Gasteiger partial charge on any atom is 0.142 e. The molecule has 0 heterocycles. The van der Waals surface area contributed by atoms with Crippen molar-refractivity contribution >= 4 is 11.6 Å². The van der Waals surface area contributed by atoms with Crippen LogP contribution >= 0.6 is 11.6 Å². The van der Waals surface area contributed by atoms with Crippen LogP contribution in [0.2, 0.25) is 5.02 Å². The van der Waals surface area contributed by atoms with Crippen molar-refractivity contribution in [3.8, 4) is 0 Å². The summed E-state index contributed by atoms with van der Waals surface area (Å²) in [5.74, 6) is -0.302. The summed E-state index contributed by atoms with van der Waals surface area (Å²) in [4.78, 5) is 0. The fourth-order valence-corrected chi connectivity index (χ4v) is 3.37. The van der Waals surface area contributed by atoms with Crippen molar-refractivity contribution in [3.63, 3.8) is 0 Å². The number of nitrogens with one attached hydrogen (secondary N) is 1. The minimum Gasteiger partial charge on any atom is -0.312 e. The molecule has 1 aliphatic rings. The number of hydrogen-bond acceptors (Lipinski definition) is 1. The Hall–Kier alpha value is -0.600. The van der Waals surface area contributed by atoms with Crippen LogP contribution in [0, 0.1) is 11.2 Å². The van der Waals surface area contributed by atoms with E-state index in [2.05, 4.69) is 26.1 Å². The van der Waals surface area contributed by atoms with Crippen LogP contribution < -0.4 is 5.32 Å². The zero-order valence-electron chi connectivity index (χ0n) is 13.4. The average Bonchev–Trinajstić information content (AvgIpc) is 2.41. The molecule has 1 aromatic rings. The molecule has 0 spiro atoms. The zero-order valence-corrected chi connectivity index (χ0v) is 14.2. The van der Waals surface area contributed by atoms with Gasteiger partial charge in [0.05, 0.1) is 5.02 Å². The smallest absolute Gasteiger partial charge is 0.142 e. The Morgan fingerprint density at radius 3 is 2.43 bits per heavy atom. The molecule has 0 aliphatic heterocycles. The fraction of sp³-hybridized carbons (Fsp3) is 0.667. The molecule has 21 heavy (non-hydrogen) atoms. The highest BCUT2D eigenvalue weighted by molar-refractivity contribution is 6.30. The van der Waals surface area contributed by atoms with E-state index in [0.29, 0.717) is 0 Å². The minimum absolute atomic E-state index is 0.121. The quantitative estimate of drug-likeness (QED) is 0.789. The molecule has 1 nitrogen and oxygen atoms in total. The van der Waals surface area contributed by atoms with Gasteiger partial charge in [0.1, 0.15) is 5.82 Å². The van der Waals surface area contributed by atoms with Crippen LogP contribution in [0.1, 0.15) is 58.4 Å². The van der Waals surface area contributed by atoms with Gasteiger partial charge in [-0.05, 0) is 63.1 Å². The zero-order chi connectivity index (χ0) is 15.5. The van der Waals surface area contributed by atoms with Gasteiger partial charge in [-0.1, -0.05) is 36.9 Å². The van der Waals surface area contributed by atoms with Gasteiger partial charge < -0.3 is 5.32 Å². The van der Waals surface area contributed by atoms with Gasteiger partial charge in [0, 0.05) is 12.1 Å². The van der Waals surface area contributed by atoms with Crippen molar-refractivity contribution in [3.05, 3.63) is 34.6 Å². The second kappa shape index (κ2) is 6.66. The number of rotatable bonds is 4. The van der Waals surface area contributed by atoms with E-state index < -0.39 is 0 Å². The lowest BCUT2D eigenvalue weighted by Gasteiger charge is -2.40. The second-order valence-corrected chi connectivity index (χ2v) is 8.00. The van der Waals surface area contributed by atoms with Gasteiger partial charge in [0.25, 0.3) is 0 Å². The lowest BCUT2D eigenvalue weighted by molar-refractivity contribution is 0.165. The van der Waals surface area contributed by atoms with E-state index in [1.807, 2.05) is 6.07 Å². The Labute approximate surface area is 133 Å². The molecular formula is C18H27ClFN. The Morgan fingerprint density at radius 2 is 1.86 bits per heavy atom. The van der Waals surface area contributed by atoms with E-state index in [4.69, 9.17) is 11.6 Å². The van der Waals surface area contributed by atoms with E-state index in [9.17, 15) is 4.39 Å². The first-order valence-corrected chi connectivity index (χ1v) is 8.37. The maximum absolute atomic E-state index is 13.7. The molecule has 1 aliphatic carbocycles. The van der Waals surface area contributed by atoms with Crippen LogP contribution in [0.15, 0.2) is 18.2 Å². The third-order valence-electron chi connectivity index (χ3n) is 4.47. The molecule has 118 valence electrons. The van der Waals surface area contributed by atoms with Crippen molar-refractivity contribution < 1.29 is 4.39 Å². The first-order valence-electron chi connectivity index (χ1n) is 7.99. The topological polar surface area (TPSA) is 12.0 Å². The summed E-state index contributed by atoms with van der Waals surface area (Å²) in [7, 11) is 0. The summed E-state index contributed by atoms with van der Waals surface area (Å²) in [6.45, 7) is 7.60. The lowest BCUT2D eigenvalue weighted by Crippen LogP contribution is -2.45. The van der Waals surface area contributed by atoms with Gasteiger partial charge in [-0.25, -0.2) is 4.39 Å². The highest BCUT2D eigenvalue weighted by Gasteiger charge is 2.33. The molecule has 0 atom stereocenters. The summed E-state index contributed by atoms with van der Waals surface area (Å²) < 4.78 is 13.7. The largest absolute Gasteiger partial charge is 0.312 e. The van der Waals surface area contributed by atoms with Crippen molar-refractivity contribution in [1.29, 1.82) is 0 Å². The summed E-state index contributed by atoms with van der Waals surface area (Å²) in [5.41, 5.74) is 1.44. The standard InChI is InChI=1S/C18H27ClFN/c1-17(2,3)21-13-18(9-5-4-6-10-18)12-14-7-8-15(19)16(20)11-14/h7-8,11,21H,4-6,9-10,12-13H2,1-3H3. The predicted octanol–water partition coefficient (Wildman–Crippen LogP) is 5.36. The molecule has 0 radical (unpaired) electrons. The first-order chi connectivity index (χ1) is 9.80. The molecule has 1 fully saturated rings. The van der Waals surface area contributed by atoms with Gasteiger partial charge in [-0.3, -0.25) is 0 Å². The highest BCUT2D eigenvalue weighted by Crippen LogP contribution is 2.39. The first kappa shape index (κ1) is 16.8. The Morgan fingerprint density at radius 1 is 1.19 bits per heavy atom. The van der Waals surface area contributed by atoms with Crippen LogP contribution in [0.4, 0.5) is 4.39 Å². The molecule has 3 heteroatoms. The SMILES string of the molecule is CC(C)(C)NCC1(Cc2ccc(Cl)c(F)c2)CCCCC1. The van der Waals surface area contributed by atoms with Crippen LogP contribution in [-0.4, -0.2) is 12.1 Å². The van der Waals surface area contributed by atoms with E-state index in [-0.39, 0.29) is 21.8 Å². The molecule has 1 N–H and O–H groups in total. The summed E-state index contributed by atoms with van der Waals surface area (Å²) in [6, 6.07) is 5.26. The Bertz CT molecular complexity index is 473. The molecule has 0 saturated heterocycles.